The van der Waals surface area contributed by atoms with Crippen LogP contribution in [0.2, 0.25) is 5.02 Å². The van der Waals surface area contributed by atoms with E-state index in [1.807, 2.05) is 11.7 Å². The molecular weight excluding hydrogens is 409 g/mol. The molecule has 2 N–H and O–H groups in total. The predicted octanol–water partition coefficient (Wildman–Crippen LogP) is 4.32. The molecule has 0 aliphatic rings. The third kappa shape index (κ3) is 3.13. The van der Waals surface area contributed by atoms with Crippen LogP contribution in [0.4, 0.5) is 5.69 Å². The van der Waals surface area contributed by atoms with Crippen molar-refractivity contribution < 1.29 is 4.74 Å². The van der Waals surface area contributed by atoms with Crippen molar-refractivity contribution in [2.24, 2.45) is 7.05 Å². The standard InChI is InChI=1S/C13H14Br2ClN3O/c1-3-10-12(15)11(19(2)18-10)6-20-13-8(14)4-7(16)5-9(13)17/h4-5H,3,6,17H2,1-2H3. The lowest BCUT2D eigenvalue weighted by Crippen LogP contribution is -2.05. The molecule has 0 spiro atoms. The first-order valence-corrected chi connectivity index (χ1v) is 7.98. The van der Waals surface area contributed by atoms with Crippen LogP contribution in [0.1, 0.15) is 18.3 Å². The van der Waals surface area contributed by atoms with E-state index < -0.39 is 0 Å². The molecule has 0 bridgehead atoms. The van der Waals surface area contributed by atoms with E-state index in [4.69, 9.17) is 22.1 Å². The minimum atomic E-state index is 0.370. The fraction of sp³-hybridized carbons (Fsp3) is 0.308. The maximum atomic E-state index is 5.92. The first kappa shape index (κ1) is 15.7. The first-order chi connectivity index (χ1) is 9.43. The van der Waals surface area contributed by atoms with Gasteiger partial charge >= 0.3 is 0 Å². The largest absolute Gasteiger partial charge is 0.484 e. The van der Waals surface area contributed by atoms with Crippen molar-refractivity contribution in [1.29, 1.82) is 0 Å². The lowest BCUT2D eigenvalue weighted by molar-refractivity contribution is 0.294. The van der Waals surface area contributed by atoms with Crippen LogP contribution in [0.25, 0.3) is 0 Å². The number of nitrogen functional groups attached to an aromatic ring is 1. The Morgan fingerprint density at radius 1 is 1.40 bits per heavy atom. The fourth-order valence-corrected chi connectivity index (χ4v) is 3.53. The van der Waals surface area contributed by atoms with Gasteiger partial charge in [-0.2, -0.15) is 5.10 Å². The zero-order valence-electron chi connectivity index (χ0n) is 11.1. The van der Waals surface area contributed by atoms with Gasteiger partial charge in [-0.3, -0.25) is 4.68 Å². The highest BCUT2D eigenvalue weighted by Gasteiger charge is 2.15. The Morgan fingerprint density at radius 3 is 2.65 bits per heavy atom. The second-order valence-electron chi connectivity index (χ2n) is 4.28. The van der Waals surface area contributed by atoms with Gasteiger partial charge < -0.3 is 10.5 Å². The van der Waals surface area contributed by atoms with Crippen LogP contribution in [0.15, 0.2) is 21.1 Å². The van der Waals surface area contributed by atoms with E-state index in [0.717, 1.165) is 26.8 Å². The highest BCUT2D eigenvalue weighted by molar-refractivity contribution is 9.10. The van der Waals surface area contributed by atoms with E-state index in [1.165, 1.54) is 0 Å². The number of hydrogen-bond donors (Lipinski definition) is 1. The van der Waals surface area contributed by atoms with Crippen molar-refractivity contribution >= 4 is 49.1 Å². The molecule has 0 aliphatic heterocycles. The smallest absolute Gasteiger partial charge is 0.157 e. The van der Waals surface area contributed by atoms with Gasteiger partial charge in [0.1, 0.15) is 6.61 Å². The van der Waals surface area contributed by atoms with Crippen molar-refractivity contribution in [1.82, 2.24) is 9.78 Å². The van der Waals surface area contributed by atoms with Gasteiger partial charge in [0, 0.05) is 12.1 Å². The topological polar surface area (TPSA) is 53.1 Å². The number of aryl methyl sites for hydroxylation is 2. The van der Waals surface area contributed by atoms with Crippen LogP contribution >= 0.6 is 43.5 Å². The van der Waals surface area contributed by atoms with Gasteiger partial charge in [-0.15, -0.1) is 0 Å². The van der Waals surface area contributed by atoms with Crippen molar-refractivity contribution in [2.45, 2.75) is 20.0 Å². The second kappa shape index (κ2) is 6.37. The third-order valence-electron chi connectivity index (χ3n) is 2.89. The predicted molar refractivity (Wildman–Crippen MR) is 88.2 cm³/mol. The molecule has 0 aliphatic carbocycles. The number of nitrogens with zero attached hydrogens (tertiary/aromatic N) is 2. The Hall–Kier alpha value is -0.720. The lowest BCUT2D eigenvalue weighted by Gasteiger charge is -2.12. The molecule has 1 heterocycles. The van der Waals surface area contributed by atoms with Crippen LogP contribution in [-0.4, -0.2) is 9.78 Å². The molecule has 2 rings (SSSR count). The van der Waals surface area contributed by atoms with E-state index in [0.29, 0.717) is 23.1 Å². The van der Waals surface area contributed by atoms with E-state index in [-0.39, 0.29) is 0 Å². The second-order valence-corrected chi connectivity index (χ2v) is 6.36. The summed E-state index contributed by atoms with van der Waals surface area (Å²) in [4.78, 5) is 0. The van der Waals surface area contributed by atoms with Gasteiger partial charge in [0.25, 0.3) is 0 Å². The minimum Gasteiger partial charge on any atom is -0.484 e. The molecule has 0 amide bonds. The Labute approximate surface area is 139 Å². The quantitative estimate of drug-likeness (QED) is 0.745. The van der Waals surface area contributed by atoms with Crippen LogP contribution in [0.3, 0.4) is 0 Å². The normalized spacial score (nSPS) is 10.8. The van der Waals surface area contributed by atoms with Gasteiger partial charge in [0.15, 0.2) is 5.75 Å². The molecule has 20 heavy (non-hydrogen) atoms. The summed E-state index contributed by atoms with van der Waals surface area (Å²) in [5, 5.41) is 4.99. The summed E-state index contributed by atoms with van der Waals surface area (Å²) in [6.07, 6.45) is 0.862. The number of nitrogens with two attached hydrogens (primary N) is 1. The molecule has 7 heteroatoms. The van der Waals surface area contributed by atoms with Gasteiger partial charge in [-0.05, 0) is 50.4 Å². The molecule has 1 aromatic carbocycles. The molecule has 1 aromatic heterocycles. The molecule has 0 radical (unpaired) electrons. The van der Waals surface area contributed by atoms with E-state index in [9.17, 15) is 0 Å². The zero-order chi connectivity index (χ0) is 14.9. The molecule has 2 aromatic rings. The van der Waals surface area contributed by atoms with Gasteiger partial charge in [-0.25, -0.2) is 0 Å². The monoisotopic (exact) mass is 421 g/mol. The molecule has 108 valence electrons. The van der Waals surface area contributed by atoms with Crippen LogP contribution in [0.5, 0.6) is 5.75 Å². The van der Waals surface area contributed by atoms with E-state index >= 15 is 0 Å². The number of rotatable bonds is 4. The Kier molecular flexibility index (Phi) is 4.99. The number of anilines is 1. The Balaban J connectivity index is 2.24. The highest BCUT2D eigenvalue weighted by Crippen LogP contribution is 2.35. The third-order valence-corrected chi connectivity index (χ3v) is 4.62. The fourth-order valence-electron chi connectivity index (χ4n) is 1.85. The summed E-state index contributed by atoms with van der Waals surface area (Å²) in [6.45, 7) is 2.43. The van der Waals surface area contributed by atoms with E-state index in [2.05, 4.69) is 43.9 Å². The Bertz CT molecular complexity index is 620. The maximum Gasteiger partial charge on any atom is 0.157 e. The number of benzene rings is 1. The molecule has 0 saturated carbocycles. The van der Waals surface area contributed by atoms with E-state index in [1.54, 1.807) is 12.1 Å². The Morgan fingerprint density at radius 2 is 2.10 bits per heavy atom. The minimum absolute atomic E-state index is 0.370. The summed E-state index contributed by atoms with van der Waals surface area (Å²) in [5.41, 5.74) is 8.39. The molecule has 0 atom stereocenters. The van der Waals surface area contributed by atoms with Gasteiger partial charge in [0.2, 0.25) is 0 Å². The van der Waals surface area contributed by atoms with Crippen LogP contribution < -0.4 is 10.5 Å². The number of hydrogen-bond acceptors (Lipinski definition) is 3. The molecule has 0 fully saturated rings. The molecule has 0 unspecified atom stereocenters. The van der Waals surface area contributed by atoms with Crippen LogP contribution in [0, 0.1) is 0 Å². The summed E-state index contributed by atoms with van der Waals surface area (Å²) in [7, 11) is 1.89. The lowest BCUT2D eigenvalue weighted by atomic mass is 10.3. The average molecular weight is 424 g/mol. The van der Waals surface area contributed by atoms with Crippen LogP contribution in [-0.2, 0) is 20.1 Å². The van der Waals surface area contributed by atoms with Crippen molar-refractivity contribution in [3.05, 3.63) is 37.5 Å². The number of ether oxygens (including phenoxy) is 1. The highest BCUT2D eigenvalue weighted by atomic mass is 79.9. The number of aromatic nitrogens is 2. The van der Waals surface area contributed by atoms with Gasteiger partial charge in [-0.1, -0.05) is 18.5 Å². The van der Waals surface area contributed by atoms with Gasteiger partial charge in [0.05, 0.1) is 26.0 Å². The van der Waals surface area contributed by atoms with Crippen molar-refractivity contribution in [2.75, 3.05) is 5.73 Å². The molecular formula is C13H14Br2ClN3O. The van der Waals surface area contributed by atoms with Crippen molar-refractivity contribution in [3.63, 3.8) is 0 Å². The first-order valence-electron chi connectivity index (χ1n) is 6.01. The average Bonchev–Trinajstić information content (AvgIpc) is 2.64. The molecule has 0 saturated heterocycles. The molecule has 4 nitrogen and oxygen atoms in total. The zero-order valence-corrected chi connectivity index (χ0v) is 15.0. The summed E-state index contributed by atoms with van der Waals surface area (Å²) >= 11 is 12.9. The summed E-state index contributed by atoms with van der Waals surface area (Å²) in [5.74, 6) is 0.584. The van der Waals surface area contributed by atoms with Crippen molar-refractivity contribution in [3.8, 4) is 5.75 Å². The summed E-state index contributed by atoms with van der Waals surface area (Å²) < 4.78 is 9.33. The number of halogens is 3. The maximum absolute atomic E-state index is 5.92. The summed E-state index contributed by atoms with van der Waals surface area (Å²) in [6, 6.07) is 3.42. The SMILES string of the molecule is CCc1nn(C)c(COc2c(N)cc(Cl)cc2Br)c1Br.